The first-order valence-electron chi connectivity index (χ1n) is 7.19. The van der Waals surface area contributed by atoms with Crippen LogP contribution in [0.15, 0.2) is 64.0 Å². The number of benzene rings is 1. The Morgan fingerprint density at radius 2 is 1.42 bits per heavy atom. The van der Waals surface area contributed by atoms with Crippen LogP contribution in [-0.4, -0.2) is 13.7 Å². The van der Waals surface area contributed by atoms with Crippen molar-refractivity contribution in [1.29, 1.82) is 5.26 Å². The molecular weight excluding hydrogens is 308 g/mol. The SMILES string of the molecule is C=CCn1c(=O)n(CC=C)c(=O)n(Cc2ccccc2C#N)c1=O. The van der Waals surface area contributed by atoms with E-state index in [0.717, 1.165) is 13.7 Å². The Kier molecular flexibility index (Phi) is 5.12. The van der Waals surface area contributed by atoms with Crippen molar-refractivity contribution in [3.05, 3.63) is 92.2 Å². The highest BCUT2D eigenvalue weighted by Crippen LogP contribution is 2.07. The fraction of sp³-hybridized carbons (Fsp3) is 0.176. The average Bonchev–Trinajstić information content (AvgIpc) is 2.59. The summed E-state index contributed by atoms with van der Waals surface area (Å²) in [5.74, 6) is 0. The molecule has 0 aliphatic carbocycles. The fourth-order valence-corrected chi connectivity index (χ4v) is 2.33. The molecule has 24 heavy (non-hydrogen) atoms. The lowest BCUT2D eigenvalue weighted by Gasteiger charge is -2.12. The Labute approximate surface area is 137 Å². The average molecular weight is 324 g/mol. The lowest BCUT2D eigenvalue weighted by molar-refractivity contribution is 0.498. The minimum atomic E-state index is -0.738. The molecular formula is C17H16N4O3. The molecule has 0 fully saturated rings. The molecule has 0 unspecified atom stereocenters. The summed E-state index contributed by atoms with van der Waals surface area (Å²) in [5, 5.41) is 9.15. The summed E-state index contributed by atoms with van der Waals surface area (Å²) in [7, 11) is 0. The van der Waals surface area contributed by atoms with Gasteiger partial charge in [-0.15, -0.1) is 13.2 Å². The van der Waals surface area contributed by atoms with Crippen LogP contribution in [0.4, 0.5) is 0 Å². The van der Waals surface area contributed by atoms with E-state index >= 15 is 0 Å². The highest BCUT2D eigenvalue weighted by Gasteiger charge is 2.15. The first-order chi connectivity index (χ1) is 11.5. The Morgan fingerprint density at radius 1 is 0.917 bits per heavy atom. The van der Waals surface area contributed by atoms with Crippen LogP contribution in [0.1, 0.15) is 11.1 Å². The molecule has 1 aromatic carbocycles. The Balaban J connectivity index is 2.74. The molecule has 0 bridgehead atoms. The molecule has 0 atom stereocenters. The van der Waals surface area contributed by atoms with Gasteiger partial charge in [-0.25, -0.2) is 28.1 Å². The number of hydrogen-bond acceptors (Lipinski definition) is 4. The molecule has 0 saturated carbocycles. The van der Waals surface area contributed by atoms with Gasteiger partial charge in [0.1, 0.15) is 0 Å². The zero-order valence-electron chi connectivity index (χ0n) is 13.0. The van der Waals surface area contributed by atoms with Crippen LogP contribution in [0.2, 0.25) is 0 Å². The standard InChI is InChI=1S/C17H16N4O3/c1-3-9-19-15(22)20(10-4-2)17(24)21(16(19)23)12-14-8-6-5-7-13(14)11-18/h3-8H,1-2,9-10,12H2. The molecule has 2 aromatic rings. The van der Waals surface area contributed by atoms with Crippen LogP contribution in [0.3, 0.4) is 0 Å². The minimum Gasteiger partial charge on any atom is -0.247 e. The smallest absolute Gasteiger partial charge is 0.247 e. The van der Waals surface area contributed by atoms with Crippen molar-refractivity contribution in [2.75, 3.05) is 0 Å². The molecule has 0 spiro atoms. The predicted octanol–water partition coefficient (Wildman–Crippen LogP) is 0.464. The van der Waals surface area contributed by atoms with Gasteiger partial charge < -0.3 is 0 Å². The summed E-state index contributed by atoms with van der Waals surface area (Å²) in [4.78, 5) is 37.3. The van der Waals surface area contributed by atoms with E-state index in [4.69, 9.17) is 5.26 Å². The van der Waals surface area contributed by atoms with Gasteiger partial charge in [-0.2, -0.15) is 5.26 Å². The van der Waals surface area contributed by atoms with Crippen LogP contribution in [0, 0.1) is 11.3 Å². The maximum atomic E-state index is 12.5. The number of rotatable bonds is 6. The van der Waals surface area contributed by atoms with E-state index in [9.17, 15) is 14.4 Å². The second-order valence-electron chi connectivity index (χ2n) is 5.00. The highest BCUT2D eigenvalue weighted by molar-refractivity contribution is 5.37. The molecule has 122 valence electrons. The van der Waals surface area contributed by atoms with Crippen molar-refractivity contribution >= 4 is 0 Å². The Bertz CT molecular complexity index is 954. The molecule has 1 aromatic heterocycles. The van der Waals surface area contributed by atoms with Gasteiger partial charge in [0.25, 0.3) is 0 Å². The summed E-state index contributed by atoms with van der Waals surface area (Å²) in [6.45, 7) is 6.90. The lowest BCUT2D eigenvalue weighted by atomic mass is 10.1. The zero-order chi connectivity index (χ0) is 17.7. The van der Waals surface area contributed by atoms with Crippen molar-refractivity contribution in [3.8, 4) is 6.07 Å². The highest BCUT2D eigenvalue weighted by atomic mass is 16.2. The minimum absolute atomic E-state index is 0.0189. The third kappa shape index (κ3) is 3.03. The topological polar surface area (TPSA) is 89.8 Å². The summed E-state index contributed by atoms with van der Waals surface area (Å²) >= 11 is 0. The predicted molar refractivity (Wildman–Crippen MR) is 89.9 cm³/mol. The molecule has 0 radical (unpaired) electrons. The molecule has 7 heteroatoms. The molecule has 0 N–H and O–H groups in total. The summed E-state index contributed by atoms with van der Waals surface area (Å²) < 4.78 is 2.78. The maximum Gasteiger partial charge on any atom is 0.336 e. The van der Waals surface area contributed by atoms with Crippen LogP contribution >= 0.6 is 0 Å². The van der Waals surface area contributed by atoms with Gasteiger partial charge >= 0.3 is 17.1 Å². The van der Waals surface area contributed by atoms with Gasteiger partial charge in [0.05, 0.1) is 31.3 Å². The van der Waals surface area contributed by atoms with E-state index < -0.39 is 17.1 Å². The molecule has 0 aliphatic heterocycles. The molecule has 2 rings (SSSR count). The van der Waals surface area contributed by atoms with Crippen molar-refractivity contribution in [1.82, 2.24) is 13.7 Å². The number of aromatic nitrogens is 3. The third-order valence-electron chi connectivity index (χ3n) is 3.48. The van der Waals surface area contributed by atoms with Crippen molar-refractivity contribution in [2.24, 2.45) is 0 Å². The van der Waals surface area contributed by atoms with Crippen LogP contribution in [-0.2, 0) is 19.6 Å². The summed E-state index contributed by atoms with van der Waals surface area (Å²) in [6.07, 6.45) is 2.80. The van der Waals surface area contributed by atoms with Crippen molar-refractivity contribution < 1.29 is 0 Å². The number of hydrogen-bond donors (Lipinski definition) is 0. The van der Waals surface area contributed by atoms with Crippen LogP contribution in [0.25, 0.3) is 0 Å². The van der Waals surface area contributed by atoms with E-state index in [0.29, 0.717) is 11.1 Å². The second-order valence-corrected chi connectivity index (χ2v) is 5.00. The fourth-order valence-electron chi connectivity index (χ4n) is 2.33. The first kappa shape index (κ1) is 17.0. The van der Waals surface area contributed by atoms with Gasteiger partial charge in [0.15, 0.2) is 0 Å². The lowest BCUT2D eigenvalue weighted by Crippen LogP contribution is -2.54. The second kappa shape index (κ2) is 7.24. The molecule has 0 saturated heterocycles. The first-order valence-corrected chi connectivity index (χ1v) is 7.19. The number of nitriles is 1. The maximum absolute atomic E-state index is 12.5. The van der Waals surface area contributed by atoms with Gasteiger partial charge in [0, 0.05) is 0 Å². The summed E-state index contributed by atoms with van der Waals surface area (Å²) in [6, 6.07) is 8.68. The quantitative estimate of drug-likeness (QED) is 0.722. The van der Waals surface area contributed by atoms with E-state index in [1.807, 2.05) is 6.07 Å². The summed E-state index contributed by atoms with van der Waals surface area (Å²) in [5.41, 5.74) is -1.31. The van der Waals surface area contributed by atoms with E-state index in [1.165, 1.54) is 12.2 Å². The van der Waals surface area contributed by atoms with Crippen molar-refractivity contribution in [3.63, 3.8) is 0 Å². The zero-order valence-corrected chi connectivity index (χ0v) is 13.0. The van der Waals surface area contributed by atoms with E-state index in [2.05, 4.69) is 13.2 Å². The number of allylic oxidation sites excluding steroid dienone is 2. The van der Waals surface area contributed by atoms with E-state index in [1.54, 1.807) is 24.3 Å². The monoisotopic (exact) mass is 324 g/mol. The van der Waals surface area contributed by atoms with Crippen LogP contribution in [0.5, 0.6) is 0 Å². The van der Waals surface area contributed by atoms with Gasteiger partial charge in [-0.1, -0.05) is 30.4 Å². The Morgan fingerprint density at radius 3 is 1.92 bits per heavy atom. The molecule has 1 heterocycles. The number of nitrogens with zero attached hydrogens (tertiary/aromatic N) is 4. The van der Waals surface area contributed by atoms with Crippen molar-refractivity contribution in [2.45, 2.75) is 19.6 Å². The Hall–Kier alpha value is -3.40. The van der Waals surface area contributed by atoms with E-state index in [-0.39, 0.29) is 19.6 Å². The largest absolute Gasteiger partial charge is 0.336 e. The molecule has 0 amide bonds. The third-order valence-corrected chi connectivity index (χ3v) is 3.48. The van der Waals surface area contributed by atoms with Gasteiger partial charge in [-0.3, -0.25) is 0 Å². The normalized spacial score (nSPS) is 10.1. The van der Waals surface area contributed by atoms with Gasteiger partial charge in [0.2, 0.25) is 0 Å². The molecule has 7 nitrogen and oxygen atoms in total. The van der Waals surface area contributed by atoms with Gasteiger partial charge in [-0.05, 0) is 11.6 Å². The van der Waals surface area contributed by atoms with Crippen LogP contribution < -0.4 is 17.1 Å². The molecule has 0 aliphatic rings.